The van der Waals surface area contributed by atoms with Crippen molar-refractivity contribution in [1.82, 2.24) is 0 Å². The normalized spacial score (nSPS) is 35.6. The van der Waals surface area contributed by atoms with Crippen LogP contribution in [0.5, 0.6) is 0 Å². The third-order valence-corrected chi connectivity index (χ3v) is 3.07. The second-order valence-electron chi connectivity index (χ2n) is 4.41. The van der Waals surface area contributed by atoms with Gasteiger partial charge in [0.1, 0.15) is 5.78 Å². The zero-order chi connectivity index (χ0) is 10.1. The zero-order valence-electron chi connectivity index (χ0n) is 8.40. The average Bonchev–Trinajstić information content (AvgIpc) is 2.07. The summed E-state index contributed by atoms with van der Waals surface area (Å²) >= 11 is 6.19. The van der Waals surface area contributed by atoms with Crippen LogP contribution in [0.25, 0.3) is 0 Å². The molecule has 1 rings (SSSR count). The third kappa shape index (κ3) is 3.15. The highest BCUT2D eigenvalue weighted by atomic mass is 35.5. The minimum Gasteiger partial charge on any atom is -0.300 e. The van der Waals surface area contributed by atoms with Crippen molar-refractivity contribution in [2.24, 2.45) is 5.92 Å². The van der Waals surface area contributed by atoms with E-state index in [1.165, 1.54) is 0 Å². The number of hydrogen-bond donors (Lipinski definition) is 0. The van der Waals surface area contributed by atoms with Crippen LogP contribution in [0.3, 0.4) is 0 Å². The molecule has 0 radical (unpaired) electrons. The average molecular weight is 201 g/mol. The van der Waals surface area contributed by atoms with E-state index >= 15 is 0 Å². The van der Waals surface area contributed by atoms with Crippen molar-refractivity contribution in [2.75, 3.05) is 0 Å². The van der Waals surface area contributed by atoms with Crippen molar-refractivity contribution >= 4 is 17.4 Å². The lowest BCUT2D eigenvalue weighted by atomic mass is 9.93. The molecule has 2 atom stereocenters. The van der Waals surface area contributed by atoms with Crippen LogP contribution in [-0.2, 0) is 4.79 Å². The van der Waals surface area contributed by atoms with Crippen LogP contribution < -0.4 is 0 Å². The van der Waals surface area contributed by atoms with Crippen LogP contribution in [0.15, 0.2) is 12.2 Å². The van der Waals surface area contributed by atoms with Gasteiger partial charge in [-0.25, -0.2) is 0 Å². The molecule has 1 saturated carbocycles. The highest BCUT2D eigenvalue weighted by Gasteiger charge is 2.31. The molecular weight excluding hydrogens is 184 g/mol. The molecule has 0 aromatic heterocycles. The van der Waals surface area contributed by atoms with Gasteiger partial charge in [0.15, 0.2) is 0 Å². The zero-order valence-corrected chi connectivity index (χ0v) is 9.16. The van der Waals surface area contributed by atoms with Gasteiger partial charge in [0, 0.05) is 17.7 Å². The fraction of sp³-hybridized carbons (Fsp3) is 0.727. The van der Waals surface area contributed by atoms with E-state index in [9.17, 15) is 4.79 Å². The molecule has 1 fully saturated rings. The largest absolute Gasteiger partial charge is 0.300 e. The first-order chi connectivity index (χ1) is 5.91. The topological polar surface area (TPSA) is 17.1 Å². The predicted octanol–water partition coefficient (Wildman–Crippen LogP) is 3.32. The molecule has 2 heteroatoms. The molecule has 13 heavy (non-hydrogen) atoms. The Hall–Kier alpha value is -0.300. The molecule has 1 nitrogen and oxygen atoms in total. The number of carbonyl (C=O) groups excluding carboxylic acids is 1. The minimum absolute atomic E-state index is 0.281. The number of hydrogen-bond acceptors (Lipinski definition) is 1. The van der Waals surface area contributed by atoms with Crippen molar-refractivity contribution in [3.05, 3.63) is 12.2 Å². The summed E-state index contributed by atoms with van der Waals surface area (Å²) in [7, 11) is 0. The second-order valence-corrected chi connectivity index (χ2v) is 5.33. The molecule has 0 spiro atoms. The number of carbonyl (C=O) groups is 1. The molecular formula is C11H17ClO. The van der Waals surface area contributed by atoms with Crippen molar-refractivity contribution in [2.45, 2.75) is 44.4 Å². The number of allylic oxidation sites excluding steroid dienone is 1. The molecule has 0 bridgehead atoms. The van der Waals surface area contributed by atoms with Gasteiger partial charge in [-0.1, -0.05) is 12.2 Å². The Morgan fingerprint density at radius 2 is 2.31 bits per heavy atom. The SMILES string of the molecule is C=C(C)[C@@H]1CCC(C)(Cl)CC(=O)C1. The van der Waals surface area contributed by atoms with E-state index in [4.69, 9.17) is 11.6 Å². The molecule has 0 amide bonds. The molecule has 0 aromatic rings. The summed E-state index contributed by atoms with van der Waals surface area (Å²) < 4.78 is 0. The van der Waals surface area contributed by atoms with Crippen LogP contribution >= 0.6 is 11.6 Å². The Morgan fingerprint density at radius 1 is 1.69 bits per heavy atom. The first-order valence-corrected chi connectivity index (χ1v) is 5.14. The summed E-state index contributed by atoms with van der Waals surface area (Å²) in [5.41, 5.74) is 1.11. The molecule has 0 N–H and O–H groups in total. The fourth-order valence-corrected chi connectivity index (χ4v) is 2.10. The van der Waals surface area contributed by atoms with E-state index in [2.05, 4.69) is 6.58 Å². The van der Waals surface area contributed by atoms with E-state index in [1.54, 1.807) is 0 Å². The Kier molecular flexibility index (Phi) is 3.18. The summed E-state index contributed by atoms with van der Waals surface area (Å²) in [6.07, 6.45) is 3.06. The molecule has 1 unspecified atom stereocenters. The van der Waals surface area contributed by atoms with Gasteiger partial charge < -0.3 is 0 Å². The second kappa shape index (κ2) is 3.83. The Bertz CT molecular complexity index is 230. The van der Waals surface area contributed by atoms with Crippen LogP contribution in [0, 0.1) is 5.92 Å². The third-order valence-electron chi connectivity index (χ3n) is 2.75. The van der Waals surface area contributed by atoms with E-state index in [0.717, 1.165) is 18.4 Å². The molecule has 0 aromatic carbocycles. The van der Waals surface area contributed by atoms with E-state index in [0.29, 0.717) is 18.8 Å². The highest BCUT2D eigenvalue weighted by molar-refractivity contribution is 6.25. The van der Waals surface area contributed by atoms with Crippen molar-refractivity contribution in [1.29, 1.82) is 0 Å². The van der Waals surface area contributed by atoms with E-state index in [1.807, 2.05) is 13.8 Å². The van der Waals surface area contributed by atoms with Gasteiger partial charge in [-0.05, 0) is 32.6 Å². The minimum atomic E-state index is -0.318. The first-order valence-electron chi connectivity index (χ1n) is 4.77. The standard InChI is InChI=1S/C11H17ClO/c1-8(2)9-4-5-11(3,12)7-10(13)6-9/h9H,1,4-7H2,2-3H3/t9-,11?/m1/s1. The highest BCUT2D eigenvalue weighted by Crippen LogP contribution is 2.35. The number of rotatable bonds is 1. The number of Topliss-reactive ketones (excluding diaryl/α,β-unsaturated/α-hetero) is 1. The van der Waals surface area contributed by atoms with Crippen LogP contribution in [0.1, 0.15) is 39.5 Å². The Morgan fingerprint density at radius 3 is 2.85 bits per heavy atom. The smallest absolute Gasteiger partial charge is 0.135 e. The lowest BCUT2D eigenvalue weighted by Gasteiger charge is -2.18. The Labute approximate surface area is 85.2 Å². The van der Waals surface area contributed by atoms with Crippen molar-refractivity contribution in [3.63, 3.8) is 0 Å². The van der Waals surface area contributed by atoms with Crippen LogP contribution in [0.4, 0.5) is 0 Å². The number of alkyl halides is 1. The van der Waals surface area contributed by atoms with Gasteiger partial charge in [0.25, 0.3) is 0 Å². The summed E-state index contributed by atoms with van der Waals surface area (Å²) in [5.74, 6) is 0.635. The van der Waals surface area contributed by atoms with Crippen LogP contribution in [-0.4, -0.2) is 10.7 Å². The summed E-state index contributed by atoms with van der Waals surface area (Å²) in [6, 6.07) is 0. The Balaban J connectivity index is 2.69. The predicted molar refractivity (Wildman–Crippen MR) is 56.0 cm³/mol. The van der Waals surface area contributed by atoms with Gasteiger partial charge in [-0.15, -0.1) is 11.6 Å². The molecule has 0 aliphatic heterocycles. The van der Waals surface area contributed by atoms with E-state index in [-0.39, 0.29) is 10.7 Å². The maximum absolute atomic E-state index is 11.5. The summed E-state index contributed by atoms with van der Waals surface area (Å²) in [5, 5.41) is 0. The molecule has 1 aliphatic carbocycles. The van der Waals surface area contributed by atoms with Crippen LogP contribution in [0.2, 0.25) is 0 Å². The monoisotopic (exact) mass is 200 g/mol. The van der Waals surface area contributed by atoms with Crippen molar-refractivity contribution < 1.29 is 4.79 Å². The van der Waals surface area contributed by atoms with Gasteiger partial charge in [0.05, 0.1) is 0 Å². The fourth-order valence-electron chi connectivity index (χ4n) is 1.84. The molecule has 0 saturated heterocycles. The lowest BCUT2D eigenvalue weighted by Crippen LogP contribution is -2.18. The summed E-state index contributed by atoms with van der Waals surface area (Å²) in [4.78, 5) is 11.2. The quantitative estimate of drug-likeness (QED) is 0.361. The molecule has 74 valence electrons. The molecule has 0 heterocycles. The lowest BCUT2D eigenvalue weighted by molar-refractivity contribution is -0.119. The number of halogens is 1. The van der Waals surface area contributed by atoms with Gasteiger partial charge >= 0.3 is 0 Å². The summed E-state index contributed by atoms with van der Waals surface area (Å²) in [6.45, 7) is 7.85. The maximum Gasteiger partial charge on any atom is 0.135 e. The number of ketones is 1. The van der Waals surface area contributed by atoms with Gasteiger partial charge in [-0.3, -0.25) is 4.79 Å². The van der Waals surface area contributed by atoms with Gasteiger partial charge in [-0.2, -0.15) is 0 Å². The van der Waals surface area contributed by atoms with Gasteiger partial charge in [0.2, 0.25) is 0 Å². The first kappa shape index (κ1) is 10.8. The maximum atomic E-state index is 11.5. The van der Waals surface area contributed by atoms with Crippen molar-refractivity contribution in [3.8, 4) is 0 Å². The molecule has 1 aliphatic rings. The van der Waals surface area contributed by atoms with E-state index < -0.39 is 0 Å².